The summed E-state index contributed by atoms with van der Waals surface area (Å²) in [6.45, 7) is 9.76. The van der Waals surface area contributed by atoms with E-state index in [1.54, 1.807) is 12.1 Å². The Hall–Kier alpha value is -2.21. The summed E-state index contributed by atoms with van der Waals surface area (Å²) in [4.78, 5) is 23.7. The fourth-order valence-corrected chi connectivity index (χ4v) is 2.33. The second-order valence-electron chi connectivity index (χ2n) is 6.81. The predicted molar refractivity (Wildman–Crippen MR) is 106 cm³/mol. The van der Waals surface area contributed by atoms with Crippen molar-refractivity contribution >= 4 is 29.6 Å². The lowest BCUT2D eigenvalue weighted by molar-refractivity contribution is -0.150. The van der Waals surface area contributed by atoms with Gasteiger partial charge in [0.2, 0.25) is 0 Å². The molecule has 27 heavy (non-hydrogen) atoms. The fraction of sp³-hybridized carbons (Fsp3) is 0.500. The number of esters is 1. The number of hydrogen-bond donors (Lipinski definition) is 1. The minimum atomic E-state index is -0.880. The Bertz CT molecular complexity index is 685. The zero-order valence-electron chi connectivity index (χ0n) is 16.7. The van der Waals surface area contributed by atoms with Crippen molar-refractivity contribution in [2.75, 3.05) is 13.7 Å². The molecule has 150 valence electrons. The first kappa shape index (κ1) is 22.8. The summed E-state index contributed by atoms with van der Waals surface area (Å²) >= 11 is 6.28. The van der Waals surface area contributed by atoms with E-state index in [-0.39, 0.29) is 11.9 Å². The van der Waals surface area contributed by atoms with Crippen LogP contribution in [0.1, 0.15) is 40.2 Å². The number of methoxy groups -OCH3 is 1. The number of carbonyl (C=O) groups excluding carboxylic acids is 2. The maximum absolute atomic E-state index is 11.9. The van der Waals surface area contributed by atoms with Crippen molar-refractivity contribution in [2.24, 2.45) is 5.92 Å². The van der Waals surface area contributed by atoms with E-state index in [4.69, 9.17) is 25.8 Å². The minimum Gasteiger partial charge on any atom is -0.493 e. The summed E-state index contributed by atoms with van der Waals surface area (Å²) in [5, 5.41) is 3.06. The van der Waals surface area contributed by atoms with Crippen molar-refractivity contribution < 1.29 is 23.8 Å². The van der Waals surface area contributed by atoms with E-state index in [0.29, 0.717) is 34.6 Å². The van der Waals surface area contributed by atoms with Crippen LogP contribution in [0, 0.1) is 5.92 Å². The number of rotatable bonds is 9. The first-order valence-corrected chi connectivity index (χ1v) is 9.21. The van der Waals surface area contributed by atoms with E-state index in [9.17, 15) is 9.59 Å². The molecule has 0 spiro atoms. The molecule has 0 heterocycles. The first-order chi connectivity index (χ1) is 12.6. The SMILES string of the molecule is COc1cc(/C=C/C(=O)O[C@@H](C)C(=O)NC(C)C)cc(Cl)c1OCC(C)C. The summed E-state index contributed by atoms with van der Waals surface area (Å²) in [6.07, 6.45) is 1.89. The van der Waals surface area contributed by atoms with Gasteiger partial charge in [-0.25, -0.2) is 4.79 Å². The summed E-state index contributed by atoms with van der Waals surface area (Å²) < 4.78 is 16.1. The van der Waals surface area contributed by atoms with Crippen LogP contribution in [0.15, 0.2) is 18.2 Å². The van der Waals surface area contributed by atoms with Crippen LogP contribution in [0.2, 0.25) is 5.02 Å². The van der Waals surface area contributed by atoms with Crippen LogP contribution in [0.3, 0.4) is 0 Å². The van der Waals surface area contributed by atoms with E-state index in [1.165, 1.54) is 26.2 Å². The highest BCUT2D eigenvalue weighted by Gasteiger charge is 2.17. The molecule has 1 aromatic rings. The van der Waals surface area contributed by atoms with Gasteiger partial charge < -0.3 is 19.5 Å². The standard InChI is InChI=1S/C20H28ClNO5/c1-12(2)11-26-19-16(21)9-15(10-17(19)25-6)7-8-18(23)27-14(5)20(24)22-13(3)4/h7-10,12-14H,11H2,1-6H3,(H,22,24)/b8-7+/t14-/m0/s1. The molecule has 0 bridgehead atoms. The highest BCUT2D eigenvalue weighted by atomic mass is 35.5. The molecule has 0 radical (unpaired) electrons. The summed E-state index contributed by atoms with van der Waals surface area (Å²) in [7, 11) is 1.52. The van der Waals surface area contributed by atoms with E-state index in [1.807, 2.05) is 27.7 Å². The van der Waals surface area contributed by atoms with Crippen molar-refractivity contribution in [3.05, 3.63) is 28.8 Å². The van der Waals surface area contributed by atoms with Crippen molar-refractivity contribution in [1.82, 2.24) is 5.32 Å². The summed E-state index contributed by atoms with van der Waals surface area (Å²) in [6, 6.07) is 3.35. The first-order valence-electron chi connectivity index (χ1n) is 8.83. The smallest absolute Gasteiger partial charge is 0.331 e. The van der Waals surface area contributed by atoms with Gasteiger partial charge in [-0.3, -0.25) is 4.79 Å². The highest BCUT2D eigenvalue weighted by molar-refractivity contribution is 6.32. The van der Waals surface area contributed by atoms with Gasteiger partial charge in [0, 0.05) is 12.1 Å². The number of amides is 1. The molecule has 0 aromatic heterocycles. The molecule has 0 unspecified atom stereocenters. The molecule has 1 amide bonds. The fourth-order valence-electron chi connectivity index (χ4n) is 2.06. The highest BCUT2D eigenvalue weighted by Crippen LogP contribution is 2.37. The molecule has 0 fully saturated rings. The lowest BCUT2D eigenvalue weighted by Crippen LogP contribution is -2.39. The van der Waals surface area contributed by atoms with Gasteiger partial charge in [-0.05, 0) is 50.5 Å². The Balaban J connectivity index is 2.81. The van der Waals surface area contributed by atoms with Crippen molar-refractivity contribution in [3.8, 4) is 11.5 Å². The second-order valence-corrected chi connectivity index (χ2v) is 7.22. The zero-order valence-corrected chi connectivity index (χ0v) is 17.4. The van der Waals surface area contributed by atoms with Crippen molar-refractivity contribution in [2.45, 2.75) is 46.8 Å². The van der Waals surface area contributed by atoms with Crippen LogP contribution in [0.25, 0.3) is 6.08 Å². The molecule has 7 heteroatoms. The molecule has 0 aliphatic heterocycles. The van der Waals surface area contributed by atoms with Gasteiger partial charge in [-0.1, -0.05) is 25.4 Å². The monoisotopic (exact) mass is 397 g/mol. The molecule has 1 aromatic carbocycles. The third kappa shape index (κ3) is 7.91. The van der Waals surface area contributed by atoms with Gasteiger partial charge in [0.05, 0.1) is 18.7 Å². The van der Waals surface area contributed by atoms with Crippen molar-refractivity contribution in [3.63, 3.8) is 0 Å². The normalized spacial score (nSPS) is 12.3. The Labute approximate surface area is 165 Å². The third-order valence-electron chi connectivity index (χ3n) is 3.32. The second kappa shape index (κ2) is 10.8. The topological polar surface area (TPSA) is 73.9 Å². The number of nitrogens with one attached hydrogen (secondary N) is 1. The largest absolute Gasteiger partial charge is 0.493 e. The predicted octanol–water partition coefficient (Wildman–Crippen LogP) is 3.85. The Morgan fingerprint density at radius 2 is 1.85 bits per heavy atom. The van der Waals surface area contributed by atoms with Gasteiger partial charge >= 0.3 is 5.97 Å². The molecule has 0 aliphatic rings. The van der Waals surface area contributed by atoms with E-state index >= 15 is 0 Å². The maximum Gasteiger partial charge on any atom is 0.331 e. The Morgan fingerprint density at radius 1 is 1.19 bits per heavy atom. The van der Waals surface area contributed by atoms with Crippen LogP contribution in [0.5, 0.6) is 11.5 Å². The molecule has 0 aliphatic carbocycles. The Kier molecular flexibility index (Phi) is 9.15. The number of halogens is 1. The van der Waals surface area contributed by atoms with Gasteiger partial charge in [-0.2, -0.15) is 0 Å². The molecule has 6 nitrogen and oxygen atoms in total. The van der Waals surface area contributed by atoms with Gasteiger partial charge in [0.15, 0.2) is 17.6 Å². The summed E-state index contributed by atoms with van der Waals surface area (Å²) in [5.74, 6) is 0.308. The molecule has 0 saturated carbocycles. The summed E-state index contributed by atoms with van der Waals surface area (Å²) in [5.41, 5.74) is 0.644. The minimum absolute atomic E-state index is 0.0276. The number of carbonyl (C=O) groups is 2. The van der Waals surface area contributed by atoms with E-state index in [0.717, 1.165) is 0 Å². The van der Waals surface area contributed by atoms with E-state index in [2.05, 4.69) is 5.32 Å². The van der Waals surface area contributed by atoms with Crippen LogP contribution >= 0.6 is 11.6 Å². The average Bonchev–Trinajstić information content (AvgIpc) is 2.57. The van der Waals surface area contributed by atoms with Crippen molar-refractivity contribution in [1.29, 1.82) is 0 Å². The van der Waals surface area contributed by atoms with Gasteiger partial charge in [-0.15, -0.1) is 0 Å². The van der Waals surface area contributed by atoms with Gasteiger partial charge in [0.25, 0.3) is 5.91 Å². The molecule has 1 N–H and O–H groups in total. The quantitative estimate of drug-likeness (QED) is 0.506. The zero-order chi connectivity index (χ0) is 20.6. The molecular weight excluding hydrogens is 370 g/mol. The van der Waals surface area contributed by atoms with Crippen LogP contribution < -0.4 is 14.8 Å². The number of benzene rings is 1. The Morgan fingerprint density at radius 3 is 2.41 bits per heavy atom. The van der Waals surface area contributed by atoms with E-state index < -0.39 is 12.1 Å². The van der Waals surface area contributed by atoms with Crippen LogP contribution in [0.4, 0.5) is 0 Å². The maximum atomic E-state index is 11.9. The molecule has 1 atom stereocenters. The average molecular weight is 398 g/mol. The molecular formula is C20H28ClNO5. The lowest BCUT2D eigenvalue weighted by atomic mass is 10.2. The van der Waals surface area contributed by atoms with Crippen LogP contribution in [-0.4, -0.2) is 37.7 Å². The lowest BCUT2D eigenvalue weighted by Gasteiger charge is -2.15. The van der Waals surface area contributed by atoms with Crippen LogP contribution in [-0.2, 0) is 14.3 Å². The number of ether oxygens (including phenoxy) is 3. The molecule has 0 saturated heterocycles. The third-order valence-corrected chi connectivity index (χ3v) is 3.60. The molecule has 1 rings (SSSR count). The van der Waals surface area contributed by atoms with Gasteiger partial charge in [0.1, 0.15) is 0 Å². The number of hydrogen-bond acceptors (Lipinski definition) is 5.